The van der Waals surface area contributed by atoms with Gasteiger partial charge in [0.05, 0.1) is 17.2 Å². The molecule has 8 nitrogen and oxygen atoms in total. The Labute approximate surface area is 169 Å². The van der Waals surface area contributed by atoms with Crippen LogP contribution in [-0.2, 0) is 16.2 Å². The van der Waals surface area contributed by atoms with E-state index in [1.807, 2.05) is 0 Å². The van der Waals surface area contributed by atoms with Crippen LogP contribution in [-0.4, -0.2) is 58.2 Å². The van der Waals surface area contributed by atoms with E-state index in [4.69, 9.17) is 0 Å². The van der Waals surface area contributed by atoms with Crippen LogP contribution in [0.5, 0.6) is 0 Å². The first kappa shape index (κ1) is 21.9. The summed E-state index contributed by atoms with van der Waals surface area (Å²) < 4.78 is 64.8. The molecule has 0 radical (unpaired) electrons. The van der Waals surface area contributed by atoms with Gasteiger partial charge in [-0.05, 0) is 19.8 Å². The second kappa shape index (κ2) is 8.13. The zero-order valence-electron chi connectivity index (χ0n) is 15.6. The number of alkyl halides is 3. The number of aromatic nitrogens is 3. The predicted octanol–water partition coefficient (Wildman–Crippen LogP) is 2.51. The van der Waals surface area contributed by atoms with Crippen LogP contribution < -0.4 is 5.32 Å². The summed E-state index contributed by atoms with van der Waals surface area (Å²) in [5.41, 5.74) is -1.37. The van der Waals surface area contributed by atoms with E-state index < -0.39 is 27.9 Å². The van der Waals surface area contributed by atoms with Crippen molar-refractivity contribution in [1.82, 2.24) is 19.3 Å². The summed E-state index contributed by atoms with van der Waals surface area (Å²) in [5.74, 6) is 0.0135. The minimum Gasteiger partial charge on any atom is -0.388 e. The topological polar surface area (TPSA) is 108 Å². The SMILES string of the molecule is CC(O)c1cnc(-c2nc(NC3CCN(S(C)(=O)=O)CC3)ncc2C(F)(F)F)s1. The number of aliphatic hydroxyl groups is 1. The van der Waals surface area contributed by atoms with Gasteiger partial charge in [0.2, 0.25) is 16.0 Å². The van der Waals surface area contributed by atoms with Crippen molar-refractivity contribution in [2.24, 2.45) is 0 Å². The lowest BCUT2D eigenvalue weighted by molar-refractivity contribution is -0.137. The molecule has 29 heavy (non-hydrogen) atoms. The summed E-state index contributed by atoms with van der Waals surface area (Å²) >= 11 is 0.930. The first-order chi connectivity index (χ1) is 13.4. The van der Waals surface area contributed by atoms with Crippen molar-refractivity contribution in [2.75, 3.05) is 24.7 Å². The molecule has 2 aromatic rings. The number of nitrogens with one attached hydrogen (secondary N) is 1. The minimum atomic E-state index is -4.66. The van der Waals surface area contributed by atoms with Crippen LogP contribution in [0.2, 0.25) is 0 Å². The number of thiazole rings is 1. The summed E-state index contributed by atoms with van der Waals surface area (Å²) in [6, 6.07) is -0.165. The molecule has 3 heterocycles. The van der Waals surface area contributed by atoms with Gasteiger partial charge in [0.15, 0.2) is 0 Å². The Kier molecular flexibility index (Phi) is 6.13. The fraction of sp³-hybridized carbons (Fsp3) is 0.562. The van der Waals surface area contributed by atoms with Gasteiger partial charge in [-0.1, -0.05) is 0 Å². The van der Waals surface area contributed by atoms with Crippen LogP contribution >= 0.6 is 11.3 Å². The molecule has 2 aromatic heterocycles. The van der Waals surface area contributed by atoms with Gasteiger partial charge in [0.1, 0.15) is 16.3 Å². The van der Waals surface area contributed by atoms with E-state index in [0.29, 0.717) is 37.0 Å². The molecule has 13 heteroatoms. The number of sulfonamides is 1. The molecule has 0 aromatic carbocycles. The van der Waals surface area contributed by atoms with Crippen LogP contribution in [0.4, 0.5) is 19.1 Å². The summed E-state index contributed by atoms with van der Waals surface area (Å²) in [6.07, 6.45) is -1.38. The molecule has 0 aliphatic carbocycles. The number of halogens is 3. The van der Waals surface area contributed by atoms with E-state index in [1.165, 1.54) is 17.4 Å². The van der Waals surface area contributed by atoms with Crippen molar-refractivity contribution < 1.29 is 26.7 Å². The van der Waals surface area contributed by atoms with Crippen LogP contribution in [0.25, 0.3) is 10.7 Å². The fourth-order valence-electron chi connectivity index (χ4n) is 2.93. The van der Waals surface area contributed by atoms with Gasteiger partial charge in [-0.25, -0.2) is 27.7 Å². The largest absolute Gasteiger partial charge is 0.420 e. The number of rotatable bonds is 5. The van der Waals surface area contributed by atoms with Gasteiger partial charge in [-0.3, -0.25) is 0 Å². The Morgan fingerprint density at radius 3 is 2.45 bits per heavy atom. The van der Waals surface area contributed by atoms with Gasteiger partial charge in [-0.2, -0.15) is 13.2 Å². The van der Waals surface area contributed by atoms with Crippen LogP contribution in [0.3, 0.4) is 0 Å². The van der Waals surface area contributed by atoms with Crippen molar-refractivity contribution >= 4 is 27.3 Å². The van der Waals surface area contributed by atoms with E-state index in [1.54, 1.807) is 0 Å². The molecule has 0 spiro atoms. The second-order valence-electron chi connectivity index (χ2n) is 6.78. The van der Waals surface area contributed by atoms with Crippen molar-refractivity contribution in [3.8, 4) is 10.7 Å². The van der Waals surface area contributed by atoms with E-state index in [-0.39, 0.29) is 22.7 Å². The van der Waals surface area contributed by atoms with Gasteiger partial charge >= 0.3 is 6.18 Å². The normalized spacial score (nSPS) is 18.0. The Balaban J connectivity index is 1.84. The maximum absolute atomic E-state index is 13.4. The maximum atomic E-state index is 13.4. The quantitative estimate of drug-likeness (QED) is 0.719. The van der Waals surface area contributed by atoms with Gasteiger partial charge in [0.25, 0.3) is 0 Å². The molecule has 1 aliphatic heterocycles. The van der Waals surface area contributed by atoms with E-state index in [0.717, 1.165) is 17.6 Å². The summed E-state index contributed by atoms with van der Waals surface area (Å²) in [5, 5.41) is 12.6. The smallest absolute Gasteiger partial charge is 0.388 e. The molecular weight excluding hydrogens is 431 g/mol. The molecule has 160 valence electrons. The van der Waals surface area contributed by atoms with Crippen LogP contribution in [0.1, 0.15) is 36.3 Å². The highest BCUT2D eigenvalue weighted by Gasteiger charge is 2.36. The lowest BCUT2D eigenvalue weighted by atomic mass is 10.1. The van der Waals surface area contributed by atoms with Crippen LogP contribution in [0.15, 0.2) is 12.4 Å². The second-order valence-corrected chi connectivity index (χ2v) is 9.82. The van der Waals surface area contributed by atoms with Crippen molar-refractivity contribution in [3.05, 3.63) is 22.8 Å². The number of hydrogen-bond acceptors (Lipinski definition) is 8. The monoisotopic (exact) mass is 451 g/mol. The standard InChI is InChI=1S/C16H20F3N5O3S2/c1-9(25)12-8-20-14(28-12)13-11(16(17,18)19)7-21-15(23-13)22-10-3-5-24(6-4-10)29(2,26)27/h7-10,25H,3-6H2,1-2H3,(H,21,22,23). The molecule has 3 rings (SSSR count). The molecule has 1 aliphatic rings. The van der Waals surface area contributed by atoms with E-state index >= 15 is 0 Å². The highest BCUT2D eigenvalue weighted by atomic mass is 32.2. The molecule has 1 fully saturated rings. The molecular formula is C16H20F3N5O3S2. The molecule has 1 atom stereocenters. The average Bonchev–Trinajstić information content (AvgIpc) is 3.11. The van der Waals surface area contributed by atoms with Crippen molar-refractivity contribution in [1.29, 1.82) is 0 Å². The van der Waals surface area contributed by atoms with Crippen LogP contribution in [0, 0.1) is 0 Å². The highest BCUT2D eigenvalue weighted by molar-refractivity contribution is 7.88. The Morgan fingerprint density at radius 1 is 1.28 bits per heavy atom. The first-order valence-electron chi connectivity index (χ1n) is 8.75. The molecule has 0 amide bonds. The number of aliphatic hydroxyl groups excluding tert-OH is 1. The molecule has 2 N–H and O–H groups in total. The van der Waals surface area contributed by atoms with Gasteiger partial charge in [0, 0.05) is 31.5 Å². The maximum Gasteiger partial charge on any atom is 0.420 e. The minimum absolute atomic E-state index is 0.0135. The third-order valence-electron chi connectivity index (χ3n) is 4.49. The predicted molar refractivity (Wildman–Crippen MR) is 102 cm³/mol. The van der Waals surface area contributed by atoms with Gasteiger partial charge < -0.3 is 10.4 Å². The Morgan fingerprint density at radius 2 is 1.93 bits per heavy atom. The average molecular weight is 451 g/mol. The van der Waals surface area contributed by atoms with Crippen molar-refractivity contribution in [3.63, 3.8) is 0 Å². The van der Waals surface area contributed by atoms with E-state index in [2.05, 4.69) is 20.3 Å². The third kappa shape index (κ3) is 5.21. The Hall–Kier alpha value is -1.83. The number of hydrogen-bond donors (Lipinski definition) is 2. The molecule has 1 unspecified atom stereocenters. The summed E-state index contributed by atoms with van der Waals surface area (Å²) in [6.45, 7) is 2.13. The number of nitrogens with zero attached hydrogens (tertiary/aromatic N) is 4. The number of anilines is 1. The van der Waals surface area contributed by atoms with Crippen molar-refractivity contribution in [2.45, 2.75) is 38.1 Å². The van der Waals surface area contributed by atoms with Gasteiger partial charge in [-0.15, -0.1) is 11.3 Å². The zero-order valence-corrected chi connectivity index (χ0v) is 17.3. The number of piperidine rings is 1. The first-order valence-corrected chi connectivity index (χ1v) is 11.4. The summed E-state index contributed by atoms with van der Waals surface area (Å²) in [7, 11) is -3.27. The highest BCUT2D eigenvalue weighted by Crippen LogP contribution is 2.38. The fourth-order valence-corrected chi connectivity index (χ4v) is 4.66. The zero-order chi connectivity index (χ0) is 21.4. The third-order valence-corrected chi connectivity index (χ3v) is 6.97. The molecule has 0 saturated carbocycles. The Bertz CT molecular complexity index is 970. The van der Waals surface area contributed by atoms with E-state index in [9.17, 15) is 26.7 Å². The summed E-state index contributed by atoms with van der Waals surface area (Å²) in [4.78, 5) is 12.2. The lowest BCUT2D eigenvalue weighted by Gasteiger charge is -2.30. The lowest BCUT2D eigenvalue weighted by Crippen LogP contribution is -2.42. The molecule has 0 bridgehead atoms. The molecule has 1 saturated heterocycles.